The van der Waals surface area contributed by atoms with Crippen LogP contribution in [-0.4, -0.2) is 26.3 Å². The van der Waals surface area contributed by atoms with Crippen LogP contribution in [0, 0.1) is 11.8 Å². The van der Waals surface area contributed by atoms with Crippen molar-refractivity contribution in [1.82, 2.24) is 5.32 Å². The molecule has 0 bridgehead atoms. The Bertz CT molecular complexity index is 123. The highest BCUT2D eigenvalue weighted by molar-refractivity contribution is 4.79. The Labute approximate surface area is 89.4 Å². The zero-order valence-electron chi connectivity index (χ0n) is 10.5. The molecule has 2 unspecified atom stereocenters. The summed E-state index contributed by atoms with van der Waals surface area (Å²) in [6.07, 6.45) is 2.94. The molecule has 0 radical (unpaired) electrons. The summed E-state index contributed by atoms with van der Waals surface area (Å²) in [6, 6.07) is 0. The third kappa shape index (κ3) is 4.97. The summed E-state index contributed by atoms with van der Waals surface area (Å²) >= 11 is 0. The van der Waals surface area contributed by atoms with Crippen LogP contribution in [0.4, 0.5) is 0 Å². The fraction of sp³-hybridized carbons (Fsp3) is 1.00. The maximum absolute atomic E-state index is 5.22. The fourth-order valence-corrected chi connectivity index (χ4v) is 1.56. The maximum Gasteiger partial charge on any atom is 0.0543 e. The van der Waals surface area contributed by atoms with Crippen molar-refractivity contribution >= 4 is 0 Å². The van der Waals surface area contributed by atoms with Crippen molar-refractivity contribution in [2.75, 3.05) is 20.2 Å². The van der Waals surface area contributed by atoms with E-state index in [-0.39, 0.29) is 0 Å². The van der Waals surface area contributed by atoms with Gasteiger partial charge in [-0.05, 0) is 44.7 Å². The van der Waals surface area contributed by atoms with Gasteiger partial charge in [0.1, 0.15) is 0 Å². The van der Waals surface area contributed by atoms with Gasteiger partial charge in [0.05, 0.1) is 6.10 Å². The smallest absolute Gasteiger partial charge is 0.0543 e. The van der Waals surface area contributed by atoms with Gasteiger partial charge in [-0.2, -0.15) is 0 Å². The second-order valence-corrected chi connectivity index (χ2v) is 4.02. The Morgan fingerprint density at radius 3 is 2.14 bits per heavy atom. The van der Waals surface area contributed by atoms with Crippen molar-refractivity contribution in [3.8, 4) is 0 Å². The van der Waals surface area contributed by atoms with Crippen molar-refractivity contribution in [2.45, 2.75) is 46.6 Å². The van der Waals surface area contributed by atoms with E-state index >= 15 is 0 Å². The number of hydrogen-bond donors (Lipinski definition) is 1. The van der Waals surface area contributed by atoms with Gasteiger partial charge in [0.15, 0.2) is 0 Å². The molecule has 0 aliphatic carbocycles. The first-order chi connectivity index (χ1) is 6.74. The van der Waals surface area contributed by atoms with Gasteiger partial charge >= 0.3 is 0 Å². The Hall–Kier alpha value is -0.0800. The van der Waals surface area contributed by atoms with Crippen molar-refractivity contribution < 1.29 is 4.74 Å². The molecule has 1 heterocycles. The molecule has 0 aromatic heterocycles. The minimum atomic E-state index is 0.431. The van der Waals surface area contributed by atoms with Crippen molar-refractivity contribution in [3.63, 3.8) is 0 Å². The lowest BCUT2D eigenvalue weighted by Crippen LogP contribution is -2.45. The van der Waals surface area contributed by atoms with Gasteiger partial charge in [-0.1, -0.05) is 20.8 Å². The largest absolute Gasteiger partial charge is 0.382 e. The molecule has 0 spiro atoms. The standard InChI is InChI=1S/C10H21NO.C2H6/c1-8(10-6-11-7-10)4-5-9(2)12-3;1-2/h8-11H,4-7H2,1-3H3;1-2H3. The zero-order chi connectivity index (χ0) is 11.0. The highest BCUT2D eigenvalue weighted by Crippen LogP contribution is 2.21. The highest BCUT2D eigenvalue weighted by Gasteiger charge is 2.23. The second-order valence-electron chi connectivity index (χ2n) is 4.02. The summed E-state index contributed by atoms with van der Waals surface area (Å²) in [7, 11) is 1.79. The zero-order valence-corrected chi connectivity index (χ0v) is 10.5. The molecule has 0 aromatic rings. The number of hydrogen-bond acceptors (Lipinski definition) is 2. The van der Waals surface area contributed by atoms with Gasteiger partial charge in [-0.15, -0.1) is 0 Å². The van der Waals surface area contributed by atoms with Gasteiger partial charge in [0.25, 0.3) is 0 Å². The second kappa shape index (κ2) is 8.25. The van der Waals surface area contributed by atoms with Crippen molar-refractivity contribution in [1.29, 1.82) is 0 Å². The van der Waals surface area contributed by atoms with Crippen LogP contribution in [0.2, 0.25) is 0 Å². The van der Waals surface area contributed by atoms with Gasteiger partial charge in [0, 0.05) is 7.11 Å². The molecule has 1 rings (SSSR count). The normalized spacial score (nSPS) is 20.4. The van der Waals surface area contributed by atoms with E-state index in [0.29, 0.717) is 6.10 Å². The molecule has 0 saturated carbocycles. The van der Waals surface area contributed by atoms with E-state index in [0.717, 1.165) is 11.8 Å². The van der Waals surface area contributed by atoms with E-state index in [1.165, 1.54) is 25.9 Å². The lowest BCUT2D eigenvalue weighted by molar-refractivity contribution is 0.0981. The fourth-order valence-electron chi connectivity index (χ4n) is 1.56. The molecule has 1 saturated heterocycles. The lowest BCUT2D eigenvalue weighted by Gasteiger charge is -2.33. The number of ether oxygens (including phenoxy) is 1. The summed E-state index contributed by atoms with van der Waals surface area (Å²) in [6.45, 7) is 10.9. The molecule has 2 atom stereocenters. The molecule has 2 nitrogen and oxygen atoms in total. The quantitative estimate of drug-likeness (QED) is 0.738. The van der Waals surface area contributed by atoms with Crippen LogP contribution in [0.3, 0.4) is 0 Å². The Morgan fingerprint density at radius 1 is 1.21 bits per heavy atom. The maximum atomic E-state index is 5.22. The molecular weight excluding hydrogens is 174 g/mol. The van der Waals surface area contributed by atoms with E-state index < -0.39 is 0 Å². The summed E-state index contributed by atoms with van der Waals surface area (Å²) in [4.78, 5) is 0. The molecule has 86 valence electrons. The molecule has 1 aliphatic heterocycles. The minimum absolute atomic E-state index is 0.431. The first kappa shape index (κ1) is 13.9. The number of nitrogens with one attached hydrogen (secondary N) is 1. The number of rotatable bonds is 5. The van der Waals surface area contributed by atoms with Gasteiger partial charge < -0.3 is 10.1 Å². The summed E-state index contributed by atoms with van der Waals surface area (Å²) in [5.41, 5.74) is 0. The monoisotopic (exact) mass is 201 g/mol. The molecule has 1 N–H and O–H groups in total. The molecule has 1 aliphatic rings. The van der Waals surface area contributed by atoms with E-state index in [9.17, 15) is 0 Å². The van der Waals surface area contributed by atoms with Gasteiger partial charge in [-0.3, -0.25) is 0 Å². The summed E-state index contributed by atoms with van der Waals surface area (Å²) < 4.78 is 5.22. The van der Waals surface area contributed by atoms with Crippen LogP contribution in [-0.2, 0) is 4.74 Å². The predicted octanol–water partition coefficient (Wildman–Crippen LogP) is 2.68. The third-order valence-electron chi connectivity index (χ3n) is 3.05. The summed E-state index contributed by atoms with van der Waals surface area (Å²) in [5, 5.41) is 3.31. The van der Waals surface area contributed by atoms with Crippen LogP contribution in [0.15, 0.2) is 0 Å². The van der Waals surface area contributed by atoms with Crippen LogP contribution >= 0.6 is 0 Å². The molecule has 2 heteroatoms. The molecule has 0 amide bonds. The summed E-state index contributed by atoms with van der Waals surface area (Å²) in [5.74, 6) is 1.79. The SMILES string of the molecule is CC.COC(C)CCC(C)C1CNC1. The Morgan fingerprint density at radius 2 is 1.79 bits per heavy atom. The molecule has 0 aromatic carbocycles. The minimum Gasteiger partial charge on any atom is -0.382 e. The van der Waals surface area contributed by atoms with E-state index in [1.54, 1.807) is 7.11 Å². The van der Waals surface area contributed by atoms with Crippen LogP contribution in [0.1, 0.15) is 40.5 Å². The molecule has 1 fully saturated rings. The van der Waals surface area contributed by atoms with E-state index in [4.69, 9.17) is 4.74 Å². The predicted molar refractivity (Wildman–Crippen MR) is 62.6 cm³/mol. The van der Waals surface area contributed by atoms with Gasteiger partial charge in [-0.25, -0.2) is 0 Å². The molecule has 14 heavy (non-hydrogen) atoms. The Balaban J connectivity index is 0.000000791. The van der Waals surface area contributed by atoms with Crippen molar-refractivity contribution in [3.05, 3.63) is 0 Å². The van der Waals surface area contributed by atoms with Gasteiger partial charge in [0.2, 0.25) is 0 Å². The number of methoxy groups -OCH3 is 1. The topological polar surface area (TPSA) is 21.3 Å². The van der Waals surface area contributed by atoms with Crippen LogP contribution in [0.25, 0.3) is 0 Å². The average molecular weight is 201 g/mol. The highest BCUT2D eigenvalue weighted by atomic mass is 16.5. The first-order valence-electron chi connectivity index (χ1n) is 5.97. The molecular formula is C12H27NO. The van der Waals surface area contributed by atoms with E-state index in [1.807, 2.05) is 13.8 Å². The van der Waals surface area contributed by atoms with Crippen molar-refractivity contribution in [2.24, 2.45) is 11.8 Å². The average Bonchev–Trinajstić information content (AvgIpc) is 2.14. The van der Waals surface area contributed by atoms with Crippen LogP contribution in [0.5, 0.6) is 0 Å². The lowest BCUT2D eigenvalue weighted by atomic mass is 9.85. The third-order valence-corrected chi connectivity index (χ3v) is 3.05. The van der Waals surface area contributed by atoms with Crippen LogP contribution < -0.4 is 5.32 Å². The first-order valence-corrected chi connectivity index (χ1v) is 5.97. The Kier molecular flexibility index (Phi) is 8.20. The van der Waals surface area contributed by atoms with E-state index in [2.05, 4.69) is 19.2 Å².